The van der Waals surface area contributed by atoms with E-state index in [9.17, 15) is 4.79 Å². The molecule has 0 saturated heterocycles. The Morgan fingerprint density at radius 3 is 2.67 bits per heavy atom. The summed E-state index contributed by atoms with van der Waals surface area (Å²) in [6, 6.07) is 7.64. The first-order chi connectivity index (χ1) is 5.70. The molecule has 0 unspecified atom stereocenters. The van der Waals surface area contributed by atoms with Crippen LogP contribution < -0.4 is 0 Å². The van der Waals surface area contributed by atoms with Crippen molar-refractivity contribution in [2.24, 2.45) is 0 Å². The summed E-state index contributed by atoms with van der Waals surface area (Å²) < 4.78 is 0. The minimum atomic E-state index is -0.918. The number of carboxylic acid groups (broad SMARTS) is 1. The zero-order valence-electron chi connectivity index (χ0n) is 6.82. The van der Waals surface area contributed by atoms with Gasteiger partial charge in [-0.3, -0.25) is 0 Å². The monoisotopic (exact) mass is 162 g/mol. The van der Waals surface area contributed by atoms with E-state index in [1.165, 1.54) is 0 Å². The van der Waals surface area contributed by atoms with Gasteiger partial charge in [0.1, 0.15) is 0 Å². The van der Waals surface area contributed by atoms with Gasteiger partial charge in [-0.1, -0.05) is 24.3 Å². The standard InChI is InChI=1S/C10H10O2/c1-8-4-2-3-5-9(8)6-7-10(11)12/h2-7H,1H3,(H,11,12)/b7-6-. The average molecular weight is 162 g/mol. The van der Waals surface area contributed by atoms with E-state index in [2.05, 4.69) is 0 Å². The van der Waals surface area contributed by atoms with E-state index in [1.54, 1.807) is 6.08 Å². The number of benzene rings is 1. The van der Waals surface area contributed by atoms with Crippen molar-refractivity contribution in [3.8, 4) is 0 Å². The summed E-state index contributed by atoms with van der Waals surface area (Å²) in [7, 11) is 0. The first-order valence-electron chi connectivity index (χ1n) is 3.67. The van der Waals surface area contributed by atoms with Gasteiger partial charge >= 0.3 is 5.97 Å². The van der Waals surface area contributed by atoms with Crippen LogP contribution in [0.4, 0.5) is 0 Å². The Bertz CT molecular complexity index is 313. The van der Waals surface area contributed by atoms with Gasteiger partial charge in [-0.25, -0.2) is 4.79 Å². The molecule has 0 aromatic heterocycles. The van der Waals surface area contributed by atoms with Crippen LogP contribution in [0, 0.1) is 6.92 Å². The Morgan fingerprint density at radius 1 is 1.42 bits per heavy atom. The third kappa shape index (κ3) is 2.23. The molecule has 1 rings (SSSR count). The maximum Gasteiger partial charge on any atom is 0.328 e. The largest absolute Gasteiger partial charge is 0.478 e. The van der Waals surface area contributed by atoms with Crippen LogP contribution in [-0.2, 0) is 4.79 Å². The molecule has 1 aromatic carbocycles. The van der Waals surface area contributed by atoms with Crippen LogP contribution in [0.2, 0.25) is 0 Å². The summed E-state index contributed by atoms with van der Waals surface area (Å²) in [5.74, 6) is -0.918. The molecular formula is C10H10O2. The fraction of sp³-hybridized carbons (Fsp3) is 0.100. The maximum atomic E-state index is 10.2. The molecule has 0 aliphatic rings. The van der Waals surface area contributed by atoms with Crippen LogP contribution in [0.5, 0.6) is 0 Å². The van der Waals surface area contributed by atoms with Crippen molar-refractivity contribution in [2.45, 2.75) is 6.92 Å². The first kappa shape index (κ1) is 8.53. The molecule has 0 atom stereocenters. The molecule has 0 radical (unpaired) electrons. The molecule has 0 amide bonds. The molecule has 0 bridgehead atoms. The summed E-state index contributed by atoms with van der Waals surface area (Å²) >= 11 is 0. The van der Waals surface area contributed by atoms with Gasteiger partial charge in [0.05, 0.1) is 0 Å². The van der Waals surface area contributed by atoms with Gasteiger partial charge in [0.15, 0.2) is 0 Å². The second-order valence-corrected chi connectivity index (χ2v) is 2.53. The molecule has 2 heteroatoms. The van der Waals surface area contributed by atoms with Crippen molar-refractivity contribution in [1.29, 1.82) is 0 Å². The molecule has 2 nitrogen and oxygen atoms in total. The molecule has 0 aliphatic carbocycles. The van der Waals surface area contributed by atoms with Gasteiger partial charge in [-0.2, -0.15) is 0 Å². The summed E-state index contributed by atoms with van der Waals surface area (Å²) in [6.07, 6.45) is 2.74. The molecule has 0 heterocycles. The highest BCUT2D eigenvalue weighted by atomic mass is 16.4. The highest BCUT2D eigenvalue weighted by Crippen LogP contribution is 2.08. The van der Waals surface area contributed by atoms with E-state index in [4.69, 9.17) is 5.11 Å². The van der Waals surface area contributed by atoms with Gasteiger partial charge in [-0.05, 0) is 24.1 Å². The van der Waals surface area contributed by atoms with Crippen LogP contribution in [0.15, 0.2) is 30.3 Å². The Balaban J connectivity index is 2.89. The summed E-state index contributed by atoms with van der Waals surface area (Å²) in [4.78, 5) is 10.2. The van der Waals surface area contributed by atoms with E-state index in [0.717, 1.165) is 17.2 Å². The minimum absolute atomic E-state index is 0.918. The Kier molecular flexibility index (Phi) is 2.64. The molecule has 1 N–H and O–H groups in total. The van der Waals surface area contributed by atoms with Gasteiger partial charge in [0, 0.05) is 6.08 Å². The van der Waals surface area contributed by atoms with E-state index in [1.807, 2.05) is 31.2 Å². The summed E-state index contributed by atoms with van der Waals surface area (Å²) in [5, 5.41) is 8.38. The SMILES string of the molecule is Cc1ccccc1/C=C\C(=O)O. The van der Waals surface area contributed by atoms with Gasteiger partial charge in [-0.15, -0.1) is 0 Å². The highest BCUT2D eigenvalue weighted by Gasteiger charge is 1.91. The smallest absolute Gasteiger partial charge is 0.328 e. The van der Waals surface area contributed by atoms with Crippen molar-refractivity contribution < 1.29 is 9.90 Å². The lowest BCUT2D eigenvalue weighted by molar-refractivity contribution is -0.131. The van der Waals surface area contributed by atoms with Gasteiger partial charge in [0.25, 0.3) is 0 Å². The number of carbonyl (C=O) groups is 1. The normalized spacial score (nSPS) is 10.4. The fourth-order valence-corrected chi connectivity index (χ4v) is 0.935. The van der Waals surface area contributed by atoms with E-state index >= 15 is 0 Å². The number of aryl methyl sites for hydroxylation is 1. The lowest BCUT2D eigenvalue weighted by Gasteiger charge is -1.96. The molecule has 12 heavy (non-hydrogen) atoms. The molecule has 0 saturated carbocycles. The van der Waals surface area contributed by atoms with E-state index < -0.39 is 5.97 Å². The van der Waals surface area contributed by atoms with Crippen LogP contribution >= 0.6 is 0 Å². The number of hydrogen-bond acceptors (Lipinski definition) is 1. The second kappa shape index (κ2) is 3.72. The quantitative estimate of drug-likeness (QED) is 0.676. The van der Waals surface area contributed by atoms with Crippen molar-refractivity contribution >= 4 is 12.0 Å². The average Bonchev–Trinajstić information content (AvgIpc) is 2.03. The van der Waals surface area contributed by atoms with Crippen molar-refractivity contribution in [1.82, 2.24) is 0 Å². The third-order valence-electron chi connectivity index (χ3n) is 1.59. The molecule has 0 aliphatic heterocycles. The molecule has 0 spiro atoms. The molecule has 0 fully saturated rings. The first-order valence-corrected chi connectivity index (χ1v) is 3.67. The second-order valence-electron chi connectivity index (χ2n) is 2.53. The maximum absolute atomic E-state index is 10.2. The van der Waals surface area contributed by atoms with Crippen molar-refractivity contribution in [3.05, 3.63) is 41.5 Å². The zero-order valence-corrected chi connectivity index (χ0v) is 6.82. The molecular weight excluding hydrogens is 152 g/mol. The minimum Gasteiger partial charge on any atom is -0.478 e. The Hall–Kier alpha value is -1.57. The lowest BCUT2D eigenvalue weighted by atomic mass is 10.1. The number of aliphatic carboxylic acids is 1. The number of hydrogen-bond donors (Lipinski definition) is 1. The molecule has 1 aromatic rings. The number of rotatable bonds is 2. The van der Waals surface area contributed by atoms with E-state index in [0.29, 0.717) is 0 Å². The van der Waals surface area contributed by atoms with Crippen LogP contribution in [0.3, 0.4) is 0 Å². The van der Waals surface area contributed by atoms with E-state index in [-0.39, 0.29) is 0 Å². The highest BCUT2D eigenvalue weighted by molar-refractivity contribution is 5.85. The predicted molar refractivity (Wildman–Crippen MR) is 47.8 cm³/mol. The van der Waals surface area contributed by atoms with Crippen molar-refractivity contribution in [2.75, 3.05) is 0 Å². The third-order valence-corrected chi connectivity index (χ3v) is 1.59. The van der Waals surface area contributed by atoms with Crippen LogP contribution in [0.25, 0.3) is 6.08 Å². The Morgan fingerprint density at radius 2 is 2.08 bits per heavy atom. The topological polar surface area (TPSA) is 37.3 Å². The summed E-state index contributed by atoms with van der Waals surface area (Å²) in [5.41, 5.74) is 2.02. The zero-order chi connectivity index (χ0) is 8.97. The fourth-order valence-electron chi connectivity index (χ4n) is 0.935. The van der Waals surface area contributed by atoms with Gasteiger partial charge in [0.2, 0.25) is 0 Å². The number of carboxylic acids is 1. The predicted octanol–water partition coefficient (Wildman–Crippen LogP) is 2.09. The summed E-state index contributed by atoms with van der Waals surface area (Å²) in [6.45, 7) is 1.95. The van der Waals surface area contributed by atoms with Crippen LogP contribution in [0.1, 0.15) is 11.1 Å². The lowest BCUT2D eigenvalue weighted by Crippen LogP contribution is -1.86. The van der Waals surface area contributed by atoms with Gasteiger partial charge < -0.3 is 5.11 Å². The van der Waals surface area contributed by atoms with Crippen LogP contribution in [-0.4, -0.2) is 11.1 Å². The Labute approximate surface area is 71.2 Å². The van der Waals surface area contributed by atoms with Crippen molar-refractivity contribution in [3.63, 3.8) is 0 Å². The molecule has 62 valence electrons.